The van der Waals surface area contributed by atoms with Crippen LogP contribution < -0.4 is 15.2 Å². The minimum absolute atomic E-state index is 0.0137. The summed E-state index contributed by atoms with van der Waals surface area (Å²) in [7, 11) is 1.61. The van der Waals surface area contributed by atoms with E-state index in [2.05, 4.69) is 20.1 Å². The van der Waals surface area contributed by atoms with Gasteiger partial charge in [0, 0.05) is 25.7 Å². The summed E-state index contributed by atoms with van der Waals surface area (Å²) in [5, 5.41) is 11.0. The molecule has 7 nitrogen and oxygen atoms in total. The number of ether oxygens (including phenoxy) is 1. The van der Waals surface area contributed by atoms with Crippen molar-refractivity contribution in [2.75, 3.05) is 25.1 Å². The molecule has 0 bridgehead atoms. The molecule has 1 saturated heterocycles. The first kappa shape index (κ1) is 17.0. The van der Waals surface area contributed by atoms with Crippen LogP contribution in [0.2, 0.25) is 0 Å². The van der Waals surface area contributed by atoms with E-state index < -0.39 is 0 Å². The molecular formula is C18H21N5O2S. The van der Waals surface area contributed by atoms with Gasteiger partial charge in [0.05, 0.1) is 24.3 Å². The lowest BCUT2D eigenvalue weighted by atomic mass is 9.97. The summed E-state index contributed by atoms with van der Waals surface area (Å²) in [5.41, 5.74) is 0.687. The number of piperidine rings is 1. The lowest BCUT2D eigenvalue weighted by molar-refractivity contribution is 0.351. The molecule has 0 spiro atoms. The van der Waals surface area contributed by atoms with Crippen molar-refractivity contribution in [3.8, 4) is 5.75 Å². The van der Waals surface area contributed by atoms with Crippen molar-refractivity contribution in [2.24, 2.45) is 5.92 Å². The molecule has 0 unspecified atom stereocenters. The van der Waals surface area contributed by atoms with Crippen molar-refractivity contribution in [3.05, 3.63) is 39.9 Å². The van der Waals surface area contributed by atoms with Crippen LogP contribution in [-0.2, 0) is 6.54 Å². The standard InChI is InChI=1S/C18H21N5O2S/c1-12-20-21-18(26-12)22-7-5-13(6-8-22)10-23-11-19-16-9-14(25-2)3-4-15(16)17(23)24/h3-4,9,11,13H,5-8,10H2,1-2H3. The van der Waals surface area contributed by atoms with E-state index in [0.29, 0.717) is 29.1 Å². The van der Waals surface area contributed by atoms with Crippen LogP contribution in [0.15, 0.2) is 29.3 Å². The Kier molecular flexibility index (Phi) is 4.58. The summed E-state index contributed by atoms with van der Waals surface area (Å²) in [5.74, 6) is 1.18. The first-order valence-electron chi connectivity index (χ1n) is 8.72. The monoisotopic (exact) mass is 371 g/mol. The van der Waals surface area contributed by atoms with Gasteiger partial charge in [-0.2, -0.15) is 0 Å². The summed E-state index contributed by atoms with van der Waals surface area (Å²) >= 11 is 1.63. The van der Waals surface area contributed by atoms with E-state index in [9.17, 15) is 4.79 Å². The van der Waals surface area contributed by atoms with Crippen LogP contribution in [0.25, 0.3) is 10.9 Å². The van der Waals surface area contributed by atoms with Crippen LogP contribution in [0, 0.1) is 12.8 Å². The second-order valence-electron chi connectivity index (χ2n) is 6.62. The van der Waals surface area contributed by atoms with E-state index in [4.69, 9.17) is 4.74 Å². The predicted octanol–water partition coefficient (Wildman–Crippen LogP) is 2.48. The van der Waals surface area contributed by atoms with Crippen LogP contribution in [0.4, 0.5) is 5.13 Å². The van der Waals surface area contributed by atoms with Crippen LogP contribution in [-0.4, -0.2) is 39.9 Å². The van der Waals surface area contributed by atoms with E-state index in [0.717, 1.165) is 36.1 Å². The number of fused-ring (bicyclic) bond motifs is 1. The Bertz CT molecular complexity index is 975. The van der Waals surface area contributed by atoms with Gasteiger partial charge in [0.2, 0.25) is 5.13 Å². The molecule has 3 heterocycles. The minimum atomic E-state index is 0.0137. The largest absolute Gasteiger partial charge is 0.497 e. The fourth-order valence-corrected chi connectivity index (χ4v) is 4.13. The molecule has 0 N–H and O–H groups in total. The number of aryl methyl sites for hydroxylation is 1. The maximum Gasteiger partial charge on any atom is 0.261 e. The van der Waals surface area contributed by atoms with Crippen molar-refractivity contribution in [3.63, 3.8) is 0 Å². The van der Waals surface area contributed by atoms with Gasteiger partial charge in [0.1, 0.15) is 10.8 Å². The Morgan fingerprint density at radius 2 is 2.08 bits per heavy atom. The van der Waals surface area contributed by atoms with Crippen LogP contribution in [0.3, 0.4) is 0 Å². The molecule has 1 aromatic carbocycles. The lowest BCUT2D eigenvalue weighted by Gasteiger charge is -2.31. The smallest absolute Gasteiger partial charge is 0.261 e. The SMILES string of the molecule is COc1ccc2c(=O)n(CC3CCN(c4nnc(C)s4)CC3)cnc2c1. The molecule has 0 radical (unpaired) electrons. The van der Waals surface area contributed by atoms with Gasteiger partial charge in [-0.1, -0.05) is 11.3 Å². The Hall–Kier alpha value is -2.48. The minimum Gasteiger partial charge on any atom is -0.497 e. The average Bonchev–Trinajstić information content (AvgIpc) is 3.10. The number of anilines is 1. The predicted molar refractivity (Wildman–Crippen MR) is 102 cm³/mol. The third kappa shape index (κ3) is 3.29. The number of benzene rings is 1. The third-order valence-corrected chi connectivity index (χ3v) is 5.79. The third-order valence-electron chi connectivity index (χ3n) is 4.89. The molecule has 0 atom stereocenters. The fourth-order valence-electron chi connectivity index (χ4n) is 3.39. The average molecular weight is 371 g/mol. The molecule has 1 aliphatic heterocycles. The van der Waals surface area contributed by atoms with Gasteiger partial charge in [0.15, 0.2) is 0 Å². The van der Waals surface area contributed by atoms with Crippen LogP contribution in [0.1, 0.15) is 17.8 Å². The van der Waals surface area contributed by atoms with Gasteiger partial charge in [-0.15, -0.1) is 10.2 Å². The summed E-state index contributed by atoms with van der Waals surface area (Å²) in [6.07, 6.45) is 3.72. The Labute approximate surface area is 155 Å². The zero-order valence-electron chi connectivity index (χ0n) is 14.9. The molecule has 2 aromatic heterocycles. The molecule has 26 heavy (non-hydrogen) atoms. The van der Waals surface area contributed by atoms with Gasteiger partial charge in [-0.3, -0.25) is 9.36 Å². The highest BCUT2D eigenvalue weighted by atomic mass is 32.1. The normalized spacial score (nSPS) is 15.5. The summed E-state index contributed by atoms with van der Waals surface area (Å²) in [6, 6.07) is 5.39. The highest BCUT2D eigenvalue weighted by molar-refractivity contribution is 7.15. The Balaban J connectivity index is 1.46. The van der Waals surface area contributed by atoms with Crippen LogP contribution >= 0.6 is 11.3 Å². The van der Waals surface area contributed by atoms with Crippen LogP contribution in [0.5, 0.6) is 5.75 Å². The highest BCUT2D eigenvalue weighted by Gasteiger charge is 2.22. The Morgan fingerprint density at radius 1 is 1.27 bits per heavy atom. The zero-order valence-corrected chi connectivity index (χ0v) is 15.7. The summed E-state index contributed by atoms with van der Waals surface area (Å²) < 4.78 is 6.94. The van der Waals surface area contributed by atoms with Crippen molar-refractivity contribution in [1.82, 2.24) is 19.7 Å². The maximum absolute atomic E-state index is 12.7. The Morgan fingerprint density at radius 3 is 2.77 bits per heavy atom. The van der Waals surface area contributed by atoms with Crippen molar-refractivity contribution in [2.45, 2.75) is 26.3 Å². The first-order chi connectivity index (χ1) is 12.6. The van der Waals surface area contributed by atoms with E-state index in [1.165, 1.54) is 0 Å². The second-order valence-corrected chi connectivity index (χ2v) is 7.78. The topological polar surface area (TPSA) is 73.1 Å². The number of methoxy groups -OCH3 is 1. The quantitative estimate of drug-likeness (QED) is 0.702. The van der Waals surface area contributed by atoms with E-state index in [-0.39, 0.29) is 5.56 Å². The zero-order chi connectivity index (χ0) is 18.1. The van der Waals surface area contributed by atoms with Gasteiger partial charge >= 0.3 is 0 Å². The summed E-state index contributed by atoms with van der Waals surface area (Å²) in [6.45, 7) is 4.58. The number of aromatic nitrogens is 4. The highest BCUT2D eigenvalue weighted by Crippen LogP contribution is 2.26. The van der Waals surface area contributed by atoms with Crippen molar-refractivity contribution in [1.29, 1.82) is 0 Å². The molecular weight excluding hydrogens is 350 g/mol. The second kappa shape index (κ2) is 7.03. The molecule has 0 amide bonds. The molecule has 3 aromatic rings. The van der Waals surface area contributed by atoms with E-state index in [1.807, 2.05) is 6.92 Å². The van der Waals surface area contributed by atoms with E-state index in [1.54, 1.807) is 47.5 Å². The number of hydrogen-bond acceptors (Lipinski definition) is 7. The molecule has 4 rings (SSSR count). The first-order valence-corrected chi connectivity index (χ1v) is 9.54. The van der Waals surface area contributed by atoms with Gasteiger partial charge in [-0.05, 0) is 37.8 Å². The molecule has 0 aliphatic carbocycles. The fraction of sp³-hybridized carbons (Fsp3) is 0.444. The molecule has 1 aliphatic rings. The molecule has 0 saturated carbocycles. The molecule has 8 heteroatoms. The number of rotatable bonds is 4. The van der Waals surface area contributed by atoms with Gasteiger partial charge in [-0.25, -0.2) is 4.98 Å². The van der Waals surface area contributed by atoms with Crippen molar-refractivity contribution >= 4 is 27.4 Å². The lowest BCUT2D eigenvalue weighted by Crippen LogP contribution is -2.36. The van der Waals surface area contributed by atoms with Crippen molar-refractivity contribution < 1.29 is 4.74 Å². The van der Waals surface area contributed by atoms with E-state index >= 15 is 0 Å². The molecule has 1 fully saturated rings. The summed E-state index contributed by atoms with van der Waals surface area (Å²) in [4.78, 5) is 19.5. The molecule has 136 valence electrons. The van der Waals surface area contributed by atoms with Gasteiger partial charge in [0.25, 0.3) is 5.56 Å². The van der Waals surface area contributed by atoms with Gasteiger partial charge < -0.3 is 9.64 Å². The maximum atomic E-state index is 12.7. The number of hydrogen-bond donors (Lipinski definition) is 0. The number of nitrogens with zero attached hydrogens (tertiary/aromatic N) is 5.